The molecule has 1 saturated heterocycles. The lowest BCUT2D eigenvalue weighted by Gasteiger charge is -2.46. The third kappa shape index (κ3) is 3.60. The van der Waals surface area contributed by atoms with Crippen molar-refractivity contribution >= 4 is 15.9 Å². The van der Waals surface area contributed by atoms with E-state index in [4.69, 9.17) is 0 Å². The molecule has 20 heavy (non-hydrogen) atoms. The van der Waals surface area contributed by atoms with E-state index in [0.717, 1.165) is 25.2 Å². The molecule has 0 spiro atoms. The Labute approximate surface area is 129 Å². The molecular formula is C16H24BrFN2. The number of rotatable bonds is 4. The highest BCUT2D eigenvalue weighted by atomic mass is 79.9. The summed E-state index contributed by atoms with van der Waals surface area (Å²) in [6.45, 7) is 9.49. The zero-order valence-corrected chi connectivity index (χ0v) is 14.1. The van der Waals surface area contributed by atoms with Crippen molar-refractivity contribution in [1.82, 2.24) is 10.2 Å². The smallest absolute Gasteiger partial charge is 0.137 e. The molecule has 0 amide bonds. The first-order valence-corrected chi connectivity index (χ1v) is 8.14. The van der Waals surface area contributed by atoms with Crippen LogP contribution in [0.25, 0.3) is 0 Å². The maximum atomic E-state index is 13.6. The van der Waals surface area contributed by atoms with E-state index in [1.165, 1.54) is 18.9 Å². The van der Waals surface area contributed by atoms with Crippen LogP contribution in [0.1, 0.15) is 39.2 Å². The second-order valence-electron chi connectivity index (χ2n) is 6.27. The summed E-state index contributed by atoms with van der Waals surface area (Å²) in [6.07, 6.45) is 2.38. The van der Waals surface area contributed by atoms with E-state index < -0.39 is 0 Å². The van der Waals surface area contributed by atoms with Crippen molar-refractivity contribution in [1.29, 1.82) is 0 Å². The van der Waals surface area contributed by atoms with Gasteiger partial charge in [0.05, 0.1) is 4.47 Å². The number of hydrogen-bond acceptors (Lipinski definition) is 2. The molecule has 1 heterocycles. The molecule has 1 N–H and O–H groups in total. The van der Waals surface area contributed by atoms with Gasteiger partial charge in [-0.3, -0.25) is 4.90 Å². The van der Waals surface area contributed by atoms with Crippen molar-refractivity contribution in [2.45, 2.75) is 51.7 Å². The standard InChI is InChI=1S/C16H24BrFN2/c1-4-6-13-10-20(16(2,3)11-19-13)9-12-7-5-8-14(18)15(12)17/h5,7-8,13,19H,4,6,9-11H2,1-3H3. The summed E-state index contributed by atoms with van der Waals surface area (Å²) in [5.74, 6) is -0.180. The van der Waals surface area contributed by atoms with E-state index in [-0.39, 0.29) is 11.4 Å². The molecule has 1 fully saturated rings. The van der Waals surface area contributed by atoms with Crippen molar-refractivity contribution < 1.29 is 4.39 Å². The molecule has 0 aliphatic carbocycles. The number of nitrogens with one attached hydrogen (secondary N) is 1. The molecule has 1 aromatic carbocycles. The first-order chi connectivity index (χ1) is 9.44. The zero-order valence-electron chi connectivity index (χ0n) is 12.5. The van der Waals surface area contributed by atoms with Gasteiger partial charge in [0.1, 0.15) is 5.82 Å². The molecule has 0 radical (unpaired) electrons. The highest BCUT2D eigenvalue weighted by molar-refractivity contribution is 9.10. The van der Waals surface area contributed by atoms with Crippen LogP contribution in [0.4, 0.5) is 4.39 Å². The van der Waals surface area contributed by atoms with Crippen molar-refractivity contribution in [2.75, 3.05) is 13.1 Å². The van der Waals surface area contributed by atoms with Crippen LogP contribution < -0.4 is 5.32 Å². The average molecular weight is 343 g/mol. The second kappa shape index (κ2) is 6.54. The molecule has 1 aromatic rings. The Morgan fingerprint density at radius 3 is 2.90 bits per heavy atom. The van der Waals surface area contributed by atoms with Crippen LogP contribution in [0.5, 0.6) is 0 Å². The summed E-state index contributed by atoms with van der Waals surface area (Å²) in [4.78, 5) is 2.46. The van der Waals surface area contributed by atoms with Gasteiger partial charge in [0, 0.05) is 31.2 Å². The van der Waals surface area contributed by atoms with Gasteiger partial charge in [-0.05, 0) is 47.8 Å². The van der Waals surface area contributed by atoms with Crippen LogP contribution in [0.15, 0.2) is 22.7 Å². The SMILES string of the molecule is CCCC1CN(Cc2cccc(F)c2Br)C(C)(C)CN1. The van der Waals surface area contributed by atoms with E-state index >= 15 is 0 Å². The number of piperazine rings is 1. The van der Waals surface area contributed by atoms with Gasteiger partial charge in [0.2, 0.25) is 0 Å². The summed E-state index contributed by atoms with van der Waals surface area (Å²) in [5.41, 5.74) is 1.12. The highest BCUT2D eigenvalue weighted by Crippen LogP contribution is 2.27. The van der Waals surface area contributed by atoms with Gasteiger partial charge in [-0.1, -0.05) is 25.5 Å². The summed E-state index contributed by atoms with van der Waals surface area (Å²) >= 11 is 3.37. The number of halogens is 2. The molecule has 1 atom stereocenters. The minimum atomic E-state index is -0.180. The van der Waals surface area contributed by atoms with Crippen LogP contribution in [0.2, 0.25) is 0 Å². The van der Waals surface area contributed by atoms with Gasteiger partial charge in [-0.15, -0.1) is 0 Å². The van der Waals surface area contributed by atoms with E-state index in [1.54, 1.807) is 6.07 Å². The summed E-state index contributed by atoms with van der Waals surface area (Å²) < 4.78 is 14.2. The average Bonchev–Trinajstić information content (AvgIpc) is 2.39. The lowest BCUT2D eigenvalue weighted by atomic mass is 9.95. The van der Waals surface area contributed by atoms with Crippen LogP contribution in [0.3, 0.4) is 0 Å². The fraction of sp³-hybridized carbons (Fsp3) is 0.625. The molecule has 2 rings (SSSR count). The first kappa shape index (κ1) is 15.9. The molecule has 1 aliphatic rings. The van der Waals surface area contributed by atoms with Crippen molar-refractivity contribution in [3.05, 3.63) is 34.1 Å². The van der Waals surface area contributed by atoms with Crippen LogP contribution in [-0.2, 0) is 6.54 Å². The minimum Gasteiger partial charge on any atom is -0.311 e. The van der Waals surface area contributed by atoms with Crippen LogP contribution in [0, 0.1) is 5.82 Å². The minimum absolute atomic E-state index is 0.0933. The molecule has 0 bridgehead atoms. The molecule has 2 nitrogen and oxygen atoms in total. The van der Waals surface area contributed by atoms with Gasteiger partial charge >= 0.3 is 0 Å². The van der Waals surface area contributed by atoms with E-state index in [0.29, 0.717) is 10.5 Å². The molecule has 0 saturated carbocycles. The number of hydrogen-bond donors (Lipinski definition) is 1. The predicted octanol–water partition coefficient (Wildman–Crippen LogP) is 3.94. The lowest BCUT2D eigenvalue weighted by molar-refractivity contribution is 0.0561. The van der Waals surface area contributed by atoms with Crippen molar-refractivity contribution in [3.8, 4) is 0 Å². The maximum absolute atomic E-state index is 13.6. The topological polar surface area (TPSA) is 15.3 Å². The Kier molecular flexibility index (Phi) is 5.21. The van der Waals surface area contributed by atoms with Gasteiger partial charge in [0.25, 0.3) is 0 Å². The molecule has 4 heteroatoms. The number of benzene rings is 1. The molecule has 1 unspecified atom stereocenters. The van der Waals surface area contributed by atoms with Gasteiger partial charge in [-0.2, -0.15) is 0 Å². The van der Waals surface area contributed by atoms with Gasteiger partial charge in [0.15, 0.2) is 0 Å². The first-order valence-electron chi connectivity index (χ1n) is 7.35. The maximum Gasteiger partial charge on any atom is 0.137 e. The quantitative estimate of drug-likeness (QED) is 0.891. The van der Waals surface area contributed by atoms with Crippen LogP contribution in [-0.4, -0.2) is 29.6 Å². The highest BCUT2D eigenvalue weighted by Gasteiger charge is 2.33. The monoisotopic (exact) mass is 342 g/mol. The Morgan fingerprint density at radius 2 is 2.20 bits per heavy atom. The Morgan fingerprint density at radius 1 is 1.45 bits per heavy atom. The second-order valence-corrected chi connectivity index (χ2v) is 7.07. The predicted molar refractivity (Wildman–Crippen MR) is 85.3 cm³/mol. The number of nitrogens with zero attached hydrogens (tertiary/aromatic N) is 1. The molecule has 1 aliphatic heterocycles. The fourth-order valence-electron chi connectivity index (χ4n) is 2.78. The fourth-order valence-corrected chi connectivity index (χ4v) is 3.17. The summed E-state index contributed by atoms with van der Waals surface area (Å²) in [6, 6.07) is 5.82. The van der Waals surface area contributed by atoms with E-state index in [1.807, 2.05) is 6.07 Å². The Bertz CT molecular complexity index is 462. The Hall–Kier alpha value is -0.450. The third-order valence-electron chi connectivity index (χ3n) is 4.15. The van der Waals surface area contributed by atoms with Gasteiger partial charge in [-0.25, -0.2) is 4.39 Å². The Balaban J connectivity index is 2.14. The largest absolute Gasteiger partial charge is 0.311 e. The van der Waals surface area contributed by atoms with E-state index in [2.05, 4.69) is 46.9 Å². The third-order valence-corrected chi connectivity index (χ3v) is 5.04. The summed E-state index contributed by atoms with van der Waals surface area (Å²) in [5, 5.41) is 3.62. The molecular weight excluding hydrogens is 319 g/mol. The van der Waals surface area contributed by atoms with Crippen LogP contribution >= 0.6 is 15.9 Å². The van der Waals surface area contributed by atoms with Crippen molar-refractivity contribution in [3.63, 3.8) is 0 Å². The van der Waals surface area contributed by atoms with Gasteiger partial charge < -0.3 is 5.32 Å². The lowest BCUT2D eigenvalue weighted by Crippen LogP contribution is -2.61. The van der Waals surface area contributed by atoms with E-state index in [9.17, 15) is 4.39 Å². The van der Waals surface area contributed by atoms with Crippen molar-refractivity contribution in [2.24, 2.45) is 0 Å². The zero-order chi connectivity index (χ0) is 14.8. The normalized spacial score (nSPS) is 22.9. The molecule has 112 valence electrons. The summed E-state index contributed by atoms with van der Waals surface area (Å²) in [7, 11) is 0. The molecule has 0 aromatic heterocycles.